The maximum absolute atomic E-state index is 12.3. The van der Waals surface area contributed by atoms with Gasteiger partial charge in [-0.3, -0.25) is 0 Å². The van der Waals surface area contributed by atoms with Gasteiger partial charge in [0.15, 0.2) is 18.9 Å². The molecule has 17 heteroatoms. The molecule has 1 spiro atoms. The first-order valence-corrected chi connectivity index (χ1v) is 24.3. The highest BCUT2D eigenvalue weighted by Gasteiger charge is 2.80. The minimum atomic E-state index is -1.80. The van der Waals surface area contributed by atoms with E-state index >= 15 is 0 Å². The first-order chi connectivity index (χ1) is 30.3. The lowest BCUT2D eigenvalue weighted by Crippen LogP contribution is -2.73. The summed E-state index contributed by atoms with van der Waals surface area (Å²) in [4.78, 5) is 0. The molecule has 9 aliphatic rings. The third-order valence-electron chi connectivity index (χ3n) is 20.3. The summed E-state index contributed by atoms with van der Waals surface area (Å²) in [5, 5.41) is 110. The summed E-state index contributed by atoms with van der Waals surface area (Å²) in [7, 11) is 0. The first kappa shape index (κ1) is 49.1. The van der Waals surface area contributed by atoms with Crippen molar-refractivity contribution in [2.24, 2.45) is 56.7 Å². The van der Waals surface area contributed by atoms with Crippen LogP contribution in [0, 0.1) is 56.7 Å². The van der Waals surface area contributed by atoms with Crippen molar-refractivity contribution in [2.45, 2.75) is 217 Å². The van der Waals surface area contributed by atoms with Gasteiger partial charge in [0.2, 0.25) is 0 Å². The number of aliphatic hydroxyl groups is 10. The van der Waals surface area contributed by atoms with Crippen LogP contribution in [0.3, 0.4) is 0 Å². The Balaban J connectivity index is 0.980. The maximum Gasteiger partial charge on any atom is 0.187 e. The molecule has 2 bridgehead atoms. The molecule has 8 fully saturated rings. The summed E-state index contributed by atoms with van der Waals surface area (Å²) >= 11 is 0. The summed E-state index contributed by atoms with van der Waals surface area (Å²) in [5.41, 5.74) is -2.32. The van der Waals surface area contributed by atoms with Crippen molar-refractivity contribution in [1.82, 2.24) is 0 Å². The molecule has 0 radical (unpaired) electrons. The lowest BCUT2D eigenvalue weighted by atomic mass is 9.31. The van der Waals surface area contributed by atoms with Crippen molar-refractivity contribution < 1.29 is 84.2 Å². The van der Waals surface area contributed by atoms with Crippen molar-refractivity contribution in [3.8, 4) is 0 Å². The van der Waals surface area contributed by atoms with Crippen molar-refractivity contribution in [3.63, 3.8) is 0 Å². The van der Waals surface area contributed by atoms with E-state index in [0.29, 0.717) is 25.9 Å². The van der Waals surface area contributed by atoms with E-state index in [1.807, 2.05) is 0 Å². The van der Waals surface area contributed by atoms with Crippen molar-refractivity contribution >= 4 is 0 Å². The van der Waals surface area contributed by atoms with Crippen molar-refractivity contribution in [1.29, 1.82) is 0 Å². The van der Waals surface area contributed by atoms with Gasteiger partial charge in [-0.2, -0.15) is 0 Å². The average Bonchev–Trinajstić information content (AvgIpc) is 3.55. The third kappa shape index (κ3) is 6.79. The second-order valence-electron chi connectivity index (χ2n) is 23.5. The van der Waals surface area contributed by atoms with E-state index in [0.717, 1.165) is 19.3 Å². The zero-order valence-electron chi connectivity index (χ0n) is 39.4. The Kier molecular flexibility index (Phi) is 12.5. The predicted molar refractivity (Wildman–Crippen MR) is 228 cm³/mol. The second-order valence-corrected chi connectivity index (χ2v) is 23.5. The smallest absolute Gasteiger partial charge is 0.187 e. The second kappa shape index (κ2) is 16.6. The Morgan fingerprint density at radius 2 is 1.23 bits per heavy atom. The Labute approximate surface area is 382 Å². The van der Waals surface area contributed by atoms with Crippen LogP contribution < -0.4 is 0 Å². The summed E-state index contributed by atoms with van der Waals surface area (Å²) in [6.07, 6.45) is -14.7. The molecule has 0 aromatic rings. The predicted octanol–water partition coefficient (Wildman–Crippen LogP) is 0.483. The lowest BCUT2D eigenvalue weighted by molar-refractivity contribution is -0.396. The van der Waals surface area contributed by atoms with E-state index in [1.54, 1.807) is 6.92 Å². The minimum Gasteiger partial charge on any atom is -0.394 e. The van der Waals surface area contributed by atoms with Gasteiger partial charge in [0.1, 0.15) is 61.0 Å². The van der Waals surface area contributed by atoms with Crippen LogP contribution in [-0.2, 0) is 33.2 Å². The molecule has 372 valence electrons. The Bertz CT molecular complexity index is 1790. The molecule has 0 aromatic heterocycles. The van der Waals surface area contributed by atoms with Gasteiger partial charge in [-0.15, -0.1) is 0 Å². The summed E-state index contributed by atoms with van der Waals surface area (Å²) in [6, 6.07) is 0. The molecule has 4 saturated carbocycles. The van der Waals surface area contributed by atoms with Crippen molar-refractivity contribution in [2.75, 3.05) is 13.2 Å². The van der Waals surface area contributed by atoms with Crippen LogP contribution in [0.4, 0.5) is 0 Å². The number of rotatable bonds is 7. The van der Waals surface area contributed by atoms with E-state index in [1.165, 1.54) is 6.92 Å². The van der Waals surface area contributed by atoms with Gasteiger partial charge in [0.05, 0.1) is 49.3 Å². The van der Waals surface area contributed by atoms with Gasteiger partial charge in [0, 0.05) is 16.7 Å². The number of hydrogen-bond donors (Lipinski definition) is 10. The minimum absolute atomic E-state index is 0.0747. The van der Waals surface area contributed by atoms with Gasteiger partial charge >= 0.3 is 0 Å². The summed E-state index contributed by atoms with van der Waals surface area (Å²) in [6.45, 7) is 18.8. The summed E-state index contributed by atoms with van der Waals surface area (Å²) in [5.74, 6) is 0.613. The fourth-order valence-electron chi connectivity index (χ4n) is 16.1. The Hall–Kier alpha value is -0.940. The third-order valence-corrected chi connectivity index (χ3v) is 20.3. The highest BCUT2D eigenvalue weighted by molar-refractivity contribution is 5.36. The van der Waals surface area contributed by atoms with Gasteiger partial charge < -0.3 is 84.2 Å². The van der Waals surface area contributed by atoms with Gasteiger partial charge in [-0.1, -0.05) is 60.6 Å². The molecule has 4 aliphatic heterocycles. The lowest BCUT2D eigenvalue weighted by Gasteiger charge is -2.73. The number of hydrogen-bond acceptors (Lipinski definition) is 17. The molecule has 5 aliphatic carbocycles. The van der Waals surface area contributed by atoms with Gasteiger partial charge in [-0.25, -0.2) is 0 Å². The normalized spacial score (nSPS) is 60.6. The highest BCUT2D eigenvalue weighted by Crippen LogP contribution is 2.79. The van der Waals surface area contributed by atoms with Gasteiger partial charge in [-0.05, 0) is 92.3 Å². The monoisotopic (exact) mass is 927 g/mol. The summed E-state index contributed by atoms with van der Waals surface area (Å²) < 4.78 is 44.2. The molecular formula is C48H78O17. The van der Waals surface area contributed by atoms with E-state index in [4.69, 9.17) is 33.2 Å². The average molecular weight is 927 g/mol. The quantitative estimate of drug-likeness (QED) is 0.123. The van der Waals surface area contributed by atoms with Gasteiger partial charge in [0.25, 0.3) is 0 Å². The van der Waals surface area contributed by atoms with Crippen LogP contribution in [0.25, 0.3) is 0 Å². The molecule has 17 nitrogen and oxygen atoms in total. The van der Waals surface area contributed by atoms with Crippen LogP contribution in [0.2, 0.25) is 0 Å². The Morgan fingerprint density at radius 3 is 1.89 bits per heavy atom. The molecule has 0 amide bonds. The van der Waals surface area contributed by atoms with E-state index in [9.17, 15) is 51.1 Å². The molecule has 10 N–H and O–H groups in total. The van der Waals surface area contributed by atoms with Crippen LogP contribution >= 0.6 is 0 Å². The number of ether oxygens (including phenoxy) is 7. The number of fused-ring (bicyclic) bond motifs is 4. The Morgan fingerprint density at radius 1 is 0.631 bits per heavy atom. The highest BCUT2D eigenvalue weighted by atomic mass is 16.8. The molecular weight excluding hydrogens is 849 g/mol. The molecule has 4 saturated heterocycles. The van der Waals surface area contributed by atoms with Crippen LogP contribution in [0.1, 0.15) is 101 Å². The van der Waals surface area contributed by atoms with Crippen LogP contribution in [0.15, 0.2) is 12.2 Å². The van der Waals surface area contributed by atoms with Crippen LogP contribution in [0.5, 0.6) is 0 Å². The molecule has 0 aromatic carbocycles. The van der Waals surface area contributed by atoms with E-state index in [2.05, 4.69) is 60.6 Å². The SMILES string of the molecule is CC1OC(OC2C(OC3C(OC4CCC5(C)C(CCC6(C)C5C=CC57OCC8(CC(O)C(C)C(C)C85)C(O)CC67C)C4(C)C)OC(C)C(O)C3O)OC(CO)C(O)C2O)C(O)C(O)C1O. The zero-order valence-corrected chi connectivity index (χ0v) is 39.4. The fraction of sp³-hybridized carbons (Fsp3) is 0.958. The standard InChI is InChI=1S/C48H78O17/c1-20-21(2)39-47(16-24(20)50)19-59-48(39)15-11-27-44(7)13-12-29(43(5,6)26(44)10-14-45(27,8)46(48,9)17-28(47)51)63-41-37(34(56)31(53)23(4)61-41)65-42-38(35(57)32(54)25(18-49)62-42)64-40-36(58)33(55)30(52)22(3)60-40/h11,15,20-42,49-58H,10,12-14,16-19H2,1-9H3. The molecule has 65 heavy (non-hydrogen) atoms. The zero-order chi connectivity index (χ0) is 47.3. The topological polar surface area (TPSA) is 267 Å². The largest absolute Gasteiger partial charge is 0.394 e. The number of allylic oxidation sites excluding steroid dienone is 1. The van der Waals surface area contributed by atoms with Crippen molar-refractivity contribution in [3.05, 3.63) is 12.2 Å². The fourth-order valence-corrected chi connectivity index (χ4v) is 16.1. The maximum atomic E-state index is 12.3. The van der Waals surface area contributed by atoms with Crippen LogP contribution in [-0.4, -0.2) is 180 Å². The molecule has 9 rings (SSSR count). The molecule has 4 heterocycles. The van der Waals surface area contributed by atoms with E-state index in [-0.39, 0.29) is 45.8 Å². The molecule has 28 unspecified atom stereocenters. The first-order valence-electron chi connectivity index (χ1n) is 24.3. The van der Waals surface area contributed by atoms with E-state index < -0.39 is 133 Å². The molecule has 28 atom stereocenters. The number of aliphatic hydroxyl groups excluding tert-OH is 10.